The fraction of sp³-hybridized carbons (Fsp3) is 0.333. The molecule has 15 heavy (non-hydrogen) atoms. The summed E-state index contributed by atoms with van der Waals surface area (Å²) in [5.74, 6) is -0.0897. The summed E-state index contributed by atoms with van der Waals surface area (Å²) in [6, 6.07) is 0. The molecule has 0 spiro atoms. The smallest absolute Gasteiger partial charge is 0.227 e. The average Bonchev–Trinajstić information content (AvgIpc) is 2.45. The number of aryl methyl sites for hydroxylation is 2. The van der Waals surface area contributed by atoms with Crippen molar-refractivity contribution in [3.8, 4) is 0 Å². The summed E-state index contributed by atoms with van der Waals surface area (Å²) >= 11 is 5.89. The molecule has 0 saturated heterocycles. The van der Waals surface area contributed by atoms with Gasteiger partial charge in [-0.25, -0.2) is 4.98 Å². The largest absolute Gasteiger partial charge is 0.291 e. The Morgan fingerprint density at radius 3 is 2.60 bits per heavy atom. The zero-order valence-corrected chi connectivity index (χ0v) is 9.33. The van der Waals surface area contributed by atoms with Crippen LogP contribution in [0.3, 0.4) is 0 Å². The van der Waals surface area contributed by atoms with Crippen molar-refractivity contribution in [2.24, 2.45) is 0 Å². The average molecular weight is 225 g/mol. The molecule has 5 nitrogen and oxygen atoms in total. The van der Waals surface area contributed by atoms with E-state index >= 15 is 0 Å². The number of Topliss-reactive ketones (excluding diaryl/α,β-unsaturated/α-hetero) is 1. The van der Waals surface area contributed by atoms with Gasteiger partial charge in [0, 0.05) is 12.5 Å². The highest BCUT2D eigenvalue weighted by Crippen LogP contribution is 2.15. The fourth-order valence-corrected chi connectivity index (χ4v) is 1.47. The molecule has 0 aliphatic heterocycles. The molecule has 0 atom stereocenters. The van der Waals surface area contributed by atoms with Crippen LogP contribution >= 0.6 is 11.6 Å². The van der Waals surface area contributed by atoms with Crippen LogP contribution in [0.1, 0.15) is 28.8 Å². The molecule has 0 aromatic carbocycles. The lowest BCUT2D eigenvalue weighted by molar-refractivity contribution is 0.100. The molecule has 0 fully saturated rings. The van der Waals surface area contributed by atoms with E-state index in [2.05, 4.69) is 15.1 Å². The lowest BCUT2D eigenvalue weighted by Crippen LogP contribution is -2.06. The first-order valence-corrected chi connectivity index (χ1v) is 4.79. The third-order valence-corrected chi connectivity index (χ3v) is 2.47. The van der Waals surface area contributed by atoms with E-state index in [1.54, 1.807) is 0 Å². The van der Waals surface area contributed by atoms with Crippen molar-refractivity contribution >= 4 is 23.0 Å². The van der Waals surface area contributed by atoms with Crippen molar-refractivity contribution in [1.82, 2.24) is 19.6 Å². The monoisotopic (exact) mass is 224 g/mol. The Hall–Kier alpha value is -1.49. The quantitative estimate of drug-likeness (QED) is 0.691. The van der Waals surface area contributed by atoms with E-state index in [4.69, 9.17) is 11.6 Å². The molecule has 0 aliphatic carbocycles. The van der Waals surface area contributed by atoms with Gasteiger partial charge in [-0.2, -0.15) is 14.6 Å². The van der Waals surface area contributed by atoms with Gasteiger partial charge in [0.25, 0.3) is 0 Å². The summed E-state index contributed by atoms with van der Waals surface area (Å²) in [5, 5.41) is 4.32. The van der Waals surface area contributed by atoms with Crippen LogP contribution in [0.15, 0.2) is 0 Å². The Balaban J connectivity index is 2.85. The lowest BCUT2D eigenvalue weighted by atomic mass is 10.3. The van der Waals surface area contributed by atoms with Crippen molar-refractivity contribution in [1.29, 1.82) is 0 Å². The van der Waals surface area contributed by atoms with Crippen LogP contribution < -0.4 is 0 Å². The Kier molecular flexibility index (Phi) is 2.19. The zero-order valence-electron chi connectivity index (χ0n) is 8.58. The molecule has 0 unspecified atom stereocenters. The van der Waals surface area contributed by atoms with E-state index < -0.39 is 0 Å². The molecule has 2 aromatic rings. The molecule has 2 heterocycles. The van der Waals surface area contributed by atoms with Crippen LogP contribution in [0.25, 0.3) is 5.65 Å². The van der Waals surface area contributed by atoms with E-state index in [0.717, 1.165) is 11.3 Å². The molecule has 0 radical (unpaired) electrons. The SMILES string of the molecule is CC(=O)c1nc(Cl)n2nc(C)c(C)c2n1. The van der Waals surface area contributed by atoms with Gasteiger partial charge in [0.1, 0.15) is 0 Å². The van der Waals surface area contributed by atoms with Gasteiger partial charge in [-0.3, -0.25) is 4.79 Å². The predicted octanol–water partition coefficient (Wildman–Crippen LogP) is 1.60. The van der Waals surface area contributed by atoms with Gasteiger partial charge in [0.15, 0.2) is 11.4 Å². The van der Waals surface area contributed by atoms with E-state index in [-0.39, 0.29) is 16.9 Å². The lowest BCUT2D eigenvalue weighted by Gasteiger charge is -1.98. The molecule has 2 rings (SSSR count). The van der Waals surface area contributed by atoms with Crippen LogP contribution in [0.2, 0.25) is 5.28 Å². The minimum Gasteiger partial charge on any atom is -0.291 e. The Bertz CT molecular complexity index is 561. The summed E-state index contributed by atoms with van der Waals surface area (Å²) in [7, 11) is 0. The first kappa shape index (κ1) is 10.0. The number of hydrogen-bond donors (Lipinski definition) is 0. The normalized spacial score (nSPS) is 10.9. The maximum atomic E-state index is 11.1. The number of rotatable bonds is 1. The van der Waals surface area contributed by atoms with Gasteiger partial charge < -0.3 is 0 Å². The van der Waals surface area contributed by atoms with Crippen LogP contribution in [0, 0.1) is 13.8 Å². The molecule has 78 valence electrons. The van der Waals surface area contributed by atoms with Gasteiger partial charge in [-0.1, -0.05) is 0 Å². The number of nitrogens with zero attached hydrogens (tertiary/aromatic N) is 4. The predicted molar refractivity (Wildman–Crippen MR) is 55.3 cm³/mol. The van der Waals surface area contributed by atoms with Crippen LogP contribution in [-0.2, 0) is 0 Å². The third-order valence-electron chi connectivity index (χ3n) is 2.23. The second-order valence-electron chi connectivity index (χ2n) is 3.32. The zero-order chi connectivity index (χ0) is 11.2. The summed E-state index contributed by atoms with van der Waals surface area (Å²) in [5.41, 5.74) is 2.31. The van der Waals surface area contributed by atoms with Gasteiger partial charge in [0.05, 0.1) is 5.69 Å². The maximum absolute atomic E-state index is 11.1. The second kappa shape index (κ2) is 3.27. The second-order valence-corrected chi connectivity index (χ2v) is 3.66. The molecule has 0 bridgehead atoms. The number of carbonyl (C=O) groups excluding carboxylic acids is 1. The van der Waals surface area contributed by atoms with Crippen molar-refractivity contribution in [3.63, 3.8) is 0 Å². The van der Waals surface area contributed by atoms with E-state index in [1.165, 1.54) is 11.4 Å². The number of halogens is 1. The summed E-state index contributed by atoms with van der Waals surface area (Å²) in [6.07, 6.45) is 0. The highest BCUT2D eigenvalue weighted by atomic mass is 35.5. The molecule has 0 aliphatic rings. The van der Waals surface area contributed by atoms with Gasteiger partial charge in [0.2, 0.25) is 11.1 Å². The number of aromatic nitrogens is 4. The van der Waals surface area contributed by atoms with E-state index in [1.807, 2.05) is 13.8 Å². The standard InChI is InChI=1S/C9H9ClN4O/c1-4-5(2)13-14-8(4)11-7(6(3)15)12-9(14)10/h1-3H3. The molecular weight excluding hydrogens is 216 g/mol. The van der Waals surface area contributed by atoms with Gasteiger partial charge in [-0.05, 0) is 25.4 Å². The fourth-order valence-electron chi connectivity index (χ4n) is 1.27. The summed E-state index contributed by atoms with van der Waals surface area (Å²) in [6.45, 7) is 5.14. The number of fused-ring (bicyclic) bond motifs is 1. The Morgan fingerprint density at radius 2 is 2.00 bits per heavy atom. The Morgan fingerprint density at radius 1 is 1.33 bits per heavy atom. The van der Waals surface area contributed by atoms with Crippen molar-refractivity contribution in [3.05, 3.63) is 22.4 Å². The number of carbonyl (C=O) groups is 1. The minimum absolute atomic E-state index is 0.121. The van der Waals surface area contributed by atoms with E-state index in [0.29, 0.717) is 5.65 Å². The van der Waals surface area contributed by atoms with Crippen LogP contribution in [0.4, 0.5) is 0 Å². The molecular formula is C9H9ClN4O. The highest BCUT2D eigenvalue weighted by molar-refractivity contribution is 6.28. The molecule has 6 heteroatoms. The first-order chi connectivity index (χ1) is 7.00. The molecule has 0 saturated carbocycles. The molecule has 2 aromatic heterocycles. The highest BCUT2D eigenvalue weighted by Gasteiger charge is 2.13. The van der Waals surface area contributed by atoms with Gasteiger partial charge in [-0.15, -0.1) is 0 Å². The van der Waals surface area contributed by atoms with Crippen molar-refractivity contribution in [2.45, 2.75) is 20.8 Å². The van der Waals surface area contributed by atoms with Crippen LogP contribution in [-0.4, -0.2) is 25.4 Å². The first-order valence-electron chi connectivity index (χ1n) is 4.41. The van der Waals surface area contributed by atoms with E-state index in [9.17, 15) is 4.79 Å². The van der Waals surface area contributed by atoms with Crippen molar-refractivity contribution < 1.29 is 4.79 Å². The molecule has 0 amide bonds. The number of hydrogen-bond acceptors (Lipinski definition) is 4. The van der Waals surface area contributed by atoms with Crippen molar-refractivity contribution in [2.75, 3.05) is 0 Å². The summed E-state index contributed by atoms with van der Waals surface area (Å²) in [4.78, 5) is 19.1. The van der Waals surface area contributed by atoms with Crippen LogP contribution in [0.5, 0.6) is 0 Å². The third kappa shape index (κ3) is 1.48. The topological polar surface area (TPSA) is 60.2 Å². The van der Waals surface area contributed by atoms with Gasteiger partial charge >= 0.3 is 0 Å². The molecule has 0 N–H and O–H groups in total. The minimum atomic E-state index is -0.211. The maximum Gasteiger partial charge on any atom is 0.227 e. The Labute approximate surface area is 91.1 Å². The summed E-state index contributed by atoms with van der Waals surface area (Å²) < 4.78 is 1.43. The number of ketones is 1.